The minimum Gasteiger partial charge on any atom is -0.0766 e. The highest BCUT2D eigenvalue weighted by Crippen LogP contribution is 2.60. The van der Waals surface area contributed by atoms with Crippen LogP contribution in [-0.2, 0) is 0 Å². The first-order chi connectivity index (χ1) is 32.8. The monoisotopic (exact) mass is 870 g/mol. The van der Waals surface area contributed by atoms with E-state index in [-0.39, 0.29) is 0 Å². The third kappa shape index (κ3) is 5.53. The summed E-state index contributed by atoms with van der Waals surface area (Å²) < 4.78 is 0. The number of hydrogen-bond acceptors (Lipinski definition) is 0. The van der Waals surface area contributed by atoms with E-state index in [0.717, 1.165) is 0 Å². The Morgan fingerprint density at radius 3 is 1.14 bits per heavy atom. The van der Waals surface area contributed by atoms with Gasteiger partial charge in [0.15, 0.2) is 0 Å². The highest BCUT2D eigenvalue weighted by molar-refractivity contribution is 7.68. The normalized spacial score (nSPS) is 12.5. The van der Waals surface area contributed by atoms with E-state index < -0.39 is 15.1 Å². The molecule has 2 unspecified atom stereocenters. The fraction of sp³-hybridized carbons (Fsp3) is 0. The molecule has 0 aliphatic rings. The molecule has 0 N–H and O–H groups in total. The van der Waals surface area contributed by atoms with E-state index in [9.17, 15) is 0 Å². The van der Waals surface area contributed by atoms with Crippen LogP contribution in [0.1, 0.15) is 0 Å². The molecular weight excluding hydrogens is 831 g/mol. The first kappa shape index (κ1) is 37.6. The van der Waals surface area contributed by atoms with E-state index in [4.69, 9.17) is 0 Å². The number of fused-ring (bicyclic) bond motifs is 11. The average Bonchev–Trinajstić information content (AvgIpc) is 3.91. The van der Waals surface area contributed by atoms with Gasteiger partial charge in [0.25, 0.3) is 0 Å². The summed E-state index contributed by atoms with van der Waals surface area (Å²) in [5.41, 5.74) is 7.75. The van der Waals surface area contributed by atoms with Crippen molar-refractivity contribution in [2.24, 2.45) is 0 Å². The Morgan fingerprint density at radius 1 is 0.212 bits per heavy atom. The Hall–Kier alpha value is -7.72. The van der Waals surface area contributed by atoms with Crippen molar-refractivity contribution in [3.05, 3.63) is 243 Å². The van der Waals surface area contributed by atoms with Gasteiger partial charge in [-0.1, -0.05) is 246 Å². The molecule has 0 amide bonds. The molecule has 0 aliphatic heterocycles. The van der Waals surface area contributed by atoms with Gasteiger partial charge >= 0.3 is 0 Å². The zero-order valence-corrected chi connectivity index (χ0v) is 37.8. The predicted octanol–water partition coefficient (Wildman–Crippen LogP) is 19.9. The number of benzene rings is 12. The summed E-state index contributed by atoms with van der Waals surface area (Å²) in [7, 11) is -1.59. The molecule has 0 bridgehead atoms. The summed E-state index contributed by atoms with van der Waals surface area (Å²) in [5, 5.41) is 24.1. The second kappa shape index (κ2) is 14.9. The van der Waals surface area contributed by atoms with Gasteiger partial charge in [-0.3, -0.25) is 0 Å². The van der Waals surface area contributed by atoms with Crippen LogP contribution in [-0.4, -0.2) is 0 Å². The lowest BCUT2D eigenvalue weighted by Crippen LogP contribution is -1.92. The van der Waals surface area contributed by atoms with Gasteiger partial charge in [-0.05, 0) is 121 Å². The van der Waals surface area contributed by atoms with Crippen molar-refractivity contribution in [3.8, 4) is 44.0 Å². The van der Waals surface area contributed by atoms with Crippen molar-refractivity contribution in [1.29, 1.82) is 0 Å². The van der Waals surface area contributed by atoms with Crippen LogP contribution in [0.15, 0.2) is 243 Å². The van der Waals surface area contributed by atoms with Crippen molar-refractivity contribution >= 4 is 100 Å². The van der Waals surface area contributed by atoms with E-state index in [0.29, 0.717) is 0 Å². The first-order valence-electron chi connectivity index (χ1n) is 22.9. The molecule has 2 heterocycles. The quantitative estimate of drug-likeness (QED) is 0.119. The molecule has 14 aromatic rings. The fourth-order valence-corrected chi connectivity index (χ4v) is 16.9. The van der Waals surface area contributed by atoms with Crippen LogP contribution in [0.3, 0.4) is 0 Å². The van der Waals surface area contributed by atoms with Gasteiger partial charge in [0, 0.05) is 20.5 Å². The highest BCUT2D eigenvalue weighted by atomic mass is 31.1. The zero-order valence-electron chi connectivity index (χ0n) is 36.0. The third-order valence-electron chi connectivity index (χ3n) is 14.1. The second-order valence-corrected chi connectivity index (χ2v) is 21.8. The van der Waals surface area contributed by atoms with Crippen molar-refractivity contribution < 1.29 is 0 Å². The molecule has 2 heteroatoms. The lowest BCUT2D eigenvalue weighted by molar-refractivity contribution is 1.69. The zero-order chi connectivity index (χ0) is 43.3. The molecule has 0 nitrogen and oxygen atoms in total. The van der Waals surface area contributed by atoms with E-state index in [1.807, 2.05) is 0 Å². The van der Waals surface area contributed by atoms with Crippen molar-refractivity contribution in [1.82, 2.24) is 0 Å². The molecule has 66 heavy (non-hydrogen) atoms. The summed E-state index contributed by atoms with van der Waals surface area (Å²) in [4.78, 5) is 0. The molecule has 2 atom stereocenters. The van der Waals surface area contributed by atoms with E-state index in [1.165, 1.54) is 129 Å². The van der Waals surface area contributed by atoms with Gasteiger partial charge in [-0.15, -0.1) is 0 Å². The van der Waals surface area contributed by atoms with Gasteiger partial charge in [0.05, 0.1) is 0 Å². The van der Waals surface area contributed by atoms with Crippen LogP contribution in [0.2, 0.25) is 0 Å². The van der Waals surface area contributed by atoms with E-state index in [1.54, 1.807) is 0 Å². The predicted molar refractivity (Wildman–Crippen MR) is 291 cm³/mol. The summed E-state index contributed by atoms with van der Waals surface area (Å²) >= 11 is 0. The molecule has 0 spiro atoms. The van der Waals surface area contributed by atoms with Crippen LogP contribution in [0.25, 0.3) is 129 Å². The summed E-state index contributed by atoms with van der Waals surface area (Å²) in [6.07, 6.45) is 0. The Labute approximate surface area is 384 Å². The number of rotatable bonds is 5. The largest absolute Gasteiger partial charge is 0.0766 e. The average molecular weight is 871 g/mol. The maximum absolute atomic E-state index is 2.56. The minimum absolute atomic E-state index is 0.795. The lowest BCUT2D eigenvalue weighted by Gasteiger charge is -2.20. The molecule has 12 aromatic carbocycles. The topological polar surface area (TPSA) is 0 Å². The van der Waals surface area contributed by atoms with Crippen LogP contribution in [0, 0.1) is 0 Å². The molecule has 0 saturated heterocycles. The van der Waals surface area contributed by atoms with Gasteiger partial charge < -0.3 is 0 Å². The fourth-order valence-electron chi connectivity index (χ4n) is 11.4. The van der Waals surface area contributed by atoms with Crippen LogP contribution < -0.4 is 0 Å². The van der Waals surface area contributed by atoms with Gasteiger partial charge in [0.1, 0.15) is 0 Å². The maximum Gasteiger partial charge on any atom is 0.0147 e. The summed E-state index contributed by atoms with van der Waals surface area (Å²) in [5.74, 6) is 0. The van der Waals surface area contributed by atoms with Gasteiger partial charge in [-0.2, -0.15) is 0 Å². The Balaban J connectivity index is 1.16. The lowest BCUT2D eigenvalue weighted by atomic mass is 9.84. The van der Waals surface area contributed by atoms with Crippen LogP contribution in [0.5, 0.6) is 0 Å². The third-order valence-corrected chi connectivity index (χ3v) is 19.3. The standard InChI is InChI=1S/C64H40P2/c1-3-20-42(21-4-1)65-60-37-13-11-27-49(60)55-35-17-33-53(63(55)65)47-29-15-31-51-57(47)40-58-48(54-34-18-36-56-50-28-12-14-38-61(50)66(64(54)56)43-22-5-2-6-23-43)30-16-32-52(58)62(51)59-39-41-19-7-8-24-44(41)45-25-9-10-26-46(45)59/h1-40H. The van der Waals surface area contributed by atoms with Gasteiger partial charge in [-0.25, -0.2) is 0 Å². The molecular formula is C64H40P2. The Bertz CT molecular complexity index is 4050. The number of hydrogen-bond donors (Lipinski definition) is 0. The maximum atomic E-state index is 2.56. The molecule has 0 fully saturated rings. The van der Waals surface area contributed by atoms with E-state index in [2.05, 4.69) is 243 Å². The molecule has 0 radical (unpaired) electrons. The van der Waals surface area contributed by atoms with Crippen molar-refractivity contribution in [2.45, 2.75) is 0 Å². The van der Waals surface area contributed by atoms with Gasteiger partial charge in [0.2, 0.25) is 0 Å². The Kier molecular flexibility index (Phi) is 8.51. The summed E-state index contributed by atoms with van der Waals surface area (Å²) in [6.45, 7) is 0. The molecule has 14 rings (SSSR count). The highest BCUT2D eigenvalue weighted by Gasteiger charge is 2.24. The molecule has 306 valence electrons. The smallest absolute Gasteiger partial charge is 0.0147 e. The molecule has 0 aliphatic carbocycles. The summed E-state index contributed by atoms with van der Waals surface area (Å²) in [6, 6.07) is 91.8. The van der Waals surface area contributed by atoms with E-state index >= 15 is 0 Å². The molecule has 2 aromatic heterocycles. The van der Waals surface area contributed by atoms with Crippen LogP contribution in [0.4, 0.5) is 0 Å². The van der Waals surface area contributed by atoms with Crippen LogP contribution >= 0.6 is 15.1 Å². The van der Waals surface area contributed by atoms with Crippen molar-refractivity contribution in [3.63, 3.8) is 0 Å². The Morgan fingerprint density at radius 2 is 0.606 bits per heavy atom. The van der Waals surface area contributed by atoms with Crippen molar-refractivity contribution in [2.75, 3.05) is 0 Å². The first-order valence-corrected chi connectivity index (χ1v) is 25.5. The molecule has 0 saturated carbocycles. The minimum atomic E-state index is -0.795. The SMILES string of the molecule is c1ccc(-p2c3ccccc3c3cccc(-c4cccc5c(-c6cc7ccccc7c7ccccc67)c6cccc(-c7cccc8c9ccccc9p(-c9ccccc9)c78)c6cc45)c32)cc1. The second-order valence-electron chi connectivity index (χ2n) is 17.5.